The van der Waals surface area contributed by atoms with Gasteiger partial charge in [0, 0.05) is 18.6 Å². The molecule has 0 aromatic heterocycles. The smallest absolute Gasteiger partial charge is 0.306 e. The summed E-state index contributed by atoms with van der Waals surface area (Å²) >= 11 is 0. The van der Waals surface area contributed by atoms with Crippen molar-refractivity contribution in [1.29, 1.82) is 0 Å². The summed E-state index contributed by atoms with van der Waals surface area (Å²) in [4.78, 5) is 21.6. The zero-order valence-corrected chi connectivity index (χ0v) is 11.2. The van der Waals surface area contributed by atoms with Gasteiger partial charge in [-0.15, -0.1) is 0 Å². The van der Waals surface area contributed by atoms with Gasteiger partial charge in [0.15, 0.2) is 0 Å². The Bertz CT molecular complexity index is 499. The molecule has 2 unspecified atom stereocenters. The summed E-state index contributed by atoms with van der Waals surface area (Å²) in [7, 11) is 0. The molecule has 1 aliphatic rings. The van der Waals surface area contributed by atoms with Crippen LogP contribution in [0.4, 0.5) is 5.69 Å². The van der Waals surface area contributed by atoms with E-state index in [1.54, 1.807) is 0 Å². The maximum absolute atomic E-state index is 11.5. The van der Waals surface area contributed by atoms with Gasteiger partial charge in [-0.3, -0.25) is 14.9 Å². The van der Waals surface area contributed by atoms with E-state index in [4.69, 9.17) is 4.74 Å². The highest BCUT2D eigenvalue weighted by Crippen LogP contribution is 2.30. The molecule has 1 aliphatic heterocycles. The molecular weight excluding hydrogens is 262 g/mol. The molecule has 1 heterocycles. The zero-order chi connectivity index (χ0) is 14.7. The second-order valence-electron chi connectivity index (χ2n) is 5.20. The number of benzene rings is 1. The Morgan fingerprint density at radius 2 is 2.05 bits per heavy atom. The summed E-state index contributed by atoms with van der Waals surface area (Å²) in [6.45, 7) is 2.01. The monoisotopic (exact) mass is 279 g/mol. The molecule has 0 amide bonds. The Labute approximate surface area is 116 Å². The van der Waals surface area contributed by atoms with E-state index >= 15 is 0 Å². The lowest BCUT2D eigenvalue weighted by molar-refractivity contribution is -0.384. The molecule has 0 spiro atoms. The first kappa shape index (κ1) is 14.5. The van der Waals surface area contributed by atoms with Crippen molar-refractivity contribution in [3.8, 4) is 0 Å². The summed E-state index contributed by atoms with van der Waals surface area (Å²) < 4.78 is 5.25. The zero-order valence-electron chi connectivity index (χ0n) is 11.2. The molecule has 6 nitrogen and oxygen atoms in total. The minimum Gasteiger partial charge on any atom is -0.459 e. The van der Waals surface area contributed by atoms with Crippen LogP contribution in [0.25, 0.3) is 0 Å². The van der Waals surface area contributed by atoms with E-state index in [0.717, 1.165) is 6.42 Å². The minimum atomic E-state index is -0.958. The number of rotatable bonds is 3. The van der Waals surface area contributed by atoms with Gasteiger partial charge in [-0.05, 0) is 36.5 Å². The van der Waals surface area contributed by atoms with Crippen LogP contribution in [-0.2, 0) is 9.53 Å². The highest BCUT2D eigenvalue weighted by atomic mass is 16.6. The molecule has 108 valence electrons. The highest BCUT2D eigenvalue weighted by Gasteiger charge is 2.29. The van der Waals surface area contributed by atoms with Gasteiger partial charge in [-0.1, -0.05) is 6.92 Å². The average molecular weight is 279 g/mol. The molecule has 3 atom stereocenters. The van der Waals surface area contributed by atoms with Crippen LogP contribution in [0.3, 0.4) is 0 Å². The predicted octanol–water partition coefficient (Wildman–Crippen LogP) is 2.36. The van der Waals surface area contributed by atoms with E-state index in [2.05, 4.69) is 0 Å². The summed E-state index contributed by atoms with van der Waals surface area (Å²) in [5.41, 5.74) is 0.481. The molecule has 0 radical (unpaired) electrons. The molecule has 1 fully saturated rings. The van der Waals surface area contributed by atoms with Crippen molar-refractivity contribution < 1.29 is 19.6 Å². The van der Waals surface area contributed by atoms with Crippen LogP contribution in [-0.4, -0.2) is 22.1 Å². The number of cyclic esters (lactones) is 1. The highest BCUT2D eigenvalue weighted by molar-refractivity contribution is 5.69. The summed E-state index contributed by atoms with van der Waals surface area (Å²) in [6, 6.07) is 5.65. The summed E-state index contributed by atoms with van der Waals surface area (Å²) in [6.07, 6.45) is 0.151. The quantitative estimate of drug-likeness (QED) is 0.521. The van der Waals surface area contributed by atoms with Crippen LogP contribution in [0.2, 0.25) is 0 Å². The molecule has 2 rings (SSSR count). The third-order valence-corrected chi connectivity index (χ3v) is 3.56. The van der Waals surface area contributed by atoms with Crippen LogP contribution in [0.5, 0.6) is 0 Å². The van der Waals surface area contributed by atoms with Crippen LogP contribution in [0, 0.1) is 16.0 Å². The number of esters is 1. The Morgan fingerprint density at radius 1 is 1.40 bits per heavy atom. The van der Waals surface area contributed by atoms with Crippen LogP contribution < -0.4 is 0 Å². The number of hydrogen-bond acceptors (Lipinski definition) is 5. The molecule has 1 N–H and O–H groups in total. The number of nitro groups is 1. The van der Waals surface area contributed by atoms with Crippen molar-refractivity contribution in [3.05, 3.63) is 39.9 Å². The van der Waals surface area contributed by atoms with Crippen molar-refractivity contribution in [2.24, 2.45) is 5.92 Å². The molecule has 20 heavy (non-hydrogen) atoms. The molecule has 0 saturated carbocycles. The van der Waals surface area contributed by atoms with E-state index in [0.29, 0.717) is 24.3 Å². The van der Waals surface area contributed by atoms with Crippen molar-refractivity contribution in [2.75, 3.05) is 0 Å². The molecule has 1 aromatic rings. The van der Waals surface area contributed by atoms with E-state index in [1.165, 1.54) is 24.3 Å². The average Bonchev–Trinajstić information content (AvgIpc) is 2.60. The van der Waals surface area contributed by atoms with E-state index < -0.39 is 17.1 Å². The van der Waals surface area contributed by atoms with Crippen LogP contribution in [0.15, 0.2) is 24.3 Å². The molecule has 0 aliphatic carbocycles. The standard InChI is InChI=1S/C14H17NO5/c1-9-2-7-13(16)20-12(8-9)14(17)10-3-5-11(6-4-10)15(18)19/h3-6,9,12,14,17H,2,7-8H2,1H3/t9?,12?,14-/m1/s1. The number of carbonyl (C=O) groups excluding carboxylic acids is 1. The first-order chi connectivity index (χ1) is 9.47. The van der Waals surface area contributed by atoms with E-state index in [-0.39, 0.29) is 11.7 Å². The Kier molecular flexibility index (Phi) is 4.34. The lowest BCUT2D eigenvalue weighted by Gasteiger charge is -2.23. The van der Waals surface area contributed by atoms with Gasteiger partial charge in [-0.2, -0.15) is 0 Å². The Balaban J connectivity index is 2.14. The van der Waals surface area contributed by atoms with Crippen molar-refractivity contribution >= 4 is 11.7 Å². The third kappa shape index (κ3) is 3.33. The Hall–Kier alpha value is -1.95. The van der Waals surface area contributed by atoms with Crippen LogP contribution in [0.1, 0.15) is 37.9 Å². The molecule has 0 bridgehead atoms. The SMILES string of the molecule is CC1CCC(=O)OC([C@H](O)c2ccc([N+](=O)[O-])cc2)C1. The number of non-ortho nitro benzene ring substituents is 1. The van der Waals surface area contributed by atoms with Crippen molar-refractivity contribution in [2.45, 2.75) is 38.4 Å². The van der Waals surface area contributed by atoms with E-state index in [9.17, 15) is 20.0 Å². The fraction of sp³-hybridized carbons (Fsp3) is 0.500. The first-order valence-electron chi connectivity index (χ1n) is 6.59. The molecule has 6 heteroatoms. The van der Waals surface area contributed by atoms with Gasteiger partial charge in [0.05, 0.1) is 4.92 Å². The lowest BCUT2D eigenvalue weighted by atomic mass is 9.94. The van der Waals surface area contributed by atoms with Crippen LogP contribution >= 0.6 is 0 Å². The van der Waals surface area contributed by atoms with Gasteiger partial charge in [0.2, 0.25) is 0 Å². The fourth-order valence-corrected chi connectivity index (χ4v) is 2.36. The number of nitrogens with zero attached hydrogens (tertiary/aromatic N) is 1. The second kappa shape index (κ2) is 6.00. The van der Waals surface area contributed by atoms with E-state index in [1.807, 2.05) is 6.92 Å². The second-order valence-corrected chi connectivity index (χ2v) is 5.20. The van der Waals surface area contributed by atoms with Crippen molar-refractivity contribution in [3.63, 3.8) is 0 Å². The summed E-state index contributed by atoms with van der Waals surface area (Å²) in [5.74, 6) is -0.0144. The largest absolute Gasteiger partial charge is 0.459 e. The number of ether oxygens (including phenoxy) is 1. The van der Waals surface area contributed by atoms with Gasteiger partial charge in [0.1, 0.15) is 12.2 Å². The lowest BCUT2D eigenvalue weighted by Crippen LogP contribution is -2.24. The maximum atomic E-state index is 11.5. The predicted molar refractivity (Wildman–Crippen MR) is 71.0 cm³/mol. The number of carbonyl (C=O) groups is 1. The molecule has 1 saturated heterocycles. The topological polar surface area (TPSA) is 89.7 Å². The fourth-order valence-electron chi connectivity index (χ4n) is 2.36. The van der Waals surface area contributed by atoms with Crippen molar-refractivity contribution in [1.82, 2.24) is 0 Å². The maximum Gasteiger partial charge on any atom is 0.306 e. The van der Waals surface area contributed by atoms with Gasteiger partial charge in [0.25, 0.3) is 5.69 Å². The first-order valence-corrected chi connectivity index (χ1v) is 6.59. The molecule has 1 aromatic carbocycles. The number of aliphatic hydroxyl groups excluding tert-OH is 1. The number of aliphatic hydroxyl groups is 1. The minimum absolute atomic E-state index is 0.0350. The summed E-state index contributed by atoms with van der Waals surface area (Å²) in [5, 5.41) is 20.9. The molecular formula is C14H17NO5. The van der Waals surface area contributed by atoms with Gasteiger partial charge >= 0.3 is 5.97 Å². The van der Waals surface area contributed by atoms with Gasteiger partial charge < -0.3 is 9.84 Å². The van der Waals surface area contributed by atoms with Gasteiger partial charge in [-0.25, -0.2) is 0 Å². The number of hydrogen-bond donors (Lipinski definition) is 1. The normalized spacial score (nSPS) is 24.6. The Morgan fingerprint density at radius 3 is 2.65 bits per heavy atom. The third-order valence-electron chi connectivity index (χ3n) is 3.56. The number of nitro benzene ring substituents is 1.